The van der Waals surface area contributed by atoms with Gasteiger partial charge in [-0.3, -0.25) is 4.98 Å². The zero-order chi connectivity index (χ0) is 14.9. The third-order valence-electron chi connectivity index (χ3n) is 3.92. The van der Waals surface area contributed by atoms with E-state index in [1.165, 1.54) is 0 Å². The lowest BCUT2D eigenvalue weighted by Gasteiger charge is -2.15. The molecule has 22 heavy (non-hydrogen) atoms. The average Bonchev–Trinajstić information content (AvgIpc) is 2.90. The summed E-state index contributed by atoms with van der Waals surface area (Å²) in [5.74, 6) is -0.334. The van der Waals surface area contributed by atoms with Gasteiger partial charge in [0.15, 0.2) is 6.10 Å². The Balaban J connectivity index is 1.74. The molecule has 0 bridgehead atoms. The van der Waals surface area contributed by atoms with E-state index in [-0.39, 0.29) is 12.1 Å². The maximum absolute atomic E-state index is 12.4. The van der Waals surface area contributed by atoms with Crippen molar-refractivity contribution in [3.8, 4) is 11.1 Å². The number of benzene rings is 2. The SMILES string of the molecule is O=C(OC1c2ccccc2-c2ccccc21)c1ccncc1. The molecule has 0 N–H and O–H groups in total. The summed E-state index contributed by atoms with van der Waals surface area (Å²) in [6.45, 7) is 0. The van der Waals surface area contributed by atoms with Crippen molar-refractivity contribution < 1.29 is 9.53 Å². The second-order valence-corrected chi connectivity index (χ2v) is 5.20. The standard InChI is InChI=1S/C19H13NO2/c21-19(13-9-11-20-12-10-13)22-18-16-7-3-1-5-14(16)15-6-2-4-8-17(15)18/h1-12,18H. The minimum atomic E-state index is -0.354. The first kappa shape index (κ1) is 12.8. The van der Waals surface area contributed by atoms with Gasteiger partial charge >= 0.3 is 5.97 Å². The molecule has 2 aromatic carbocycles. The lowest BCUT2D eigenvalue weighted by Crippen LogP contribution is -2.11. The fourth-order valence-electron chi connectivity index (χ4n) is 2.90. The zero-order valence-corrected chi connectivity index (χ0v) is 11.8. The van der Waals surface area contributed by atoms with Gasteiger partial charge in [-0.25, -0.2) is 4.79 Å². The molecule has 0 spiro atoms. The molecular formula is C19H13NO2. The van der Waals surface area contributed by atoms with Crippen molar-refractivity contribution >= 4 is 5.97 Å². The summed E-state index contributed by atoms with van der Waals surface area (Å²) in [5, 5.41) is 0. The minimum absolute atomic E-state index is 0.334. The largest absolute Gasteiger partial charge is 0.449 e. The monoisotopic (exact) mass is 287 g/mol. The van der Waals surface area contributed by atoms with Gasteiger partial charge in [0.05, 0.1) is 5.56 Å². The highest BCUT2D eigenvalue weighted by molar-refractivity contribution is 5.90. The van der Waals surface area contributed by atoms with Crippen LogP contribution in [0.25, 0.3) is 11.1 Å². The maximum atomic E-state index is 12.4. The van der Waals surface area contributed by atoms with Crippen LogP contribution in [0.2, 0.25) is 0 Å². The smallest absolute Gasteiger partial charge is 0.339 e. The third-order valence-corrected chi connectivity index (χ3v) is 3.92. The summed E-state index contributed by atoms with van der Waals surface area (Å²) in [4.78, 5) is 16.3. The molecule has 4 rings (SSSR count). The number of nitrogens with zero attached hydrogens (tertiary/aromatic N) is 1. The summed E-state index contributed by atoms with van der Waals surface area (Å²) in [5.41, 5.74) is 4.84. The maximum Gasteiger partial charge on any atom is 0.339 e. The van der Waals surface area contributed by atoms with Gasteiger partial charge in [-0.05, 0) is 23.3 Å². The quantitative estimate of drug-likeness (QED) is 0.668. The fraction of sp³-hybridized carbons (Fsp3) is 0.0526. The molecule has 1 aliphatic carbocycles. The van der Waals surface area contributed by atoms with Crippen molar-refractivity contribution in [3.63, 3.8) is 0 Å². The highest BCUT2D eigenvalue weighted by Gasteiger charge is 2.31. The Morgan fingerprint density at radius 3 is 1.95 bits per heavy atom. The number of carbonyl (C=O) groups is 1. The van der Waals surface area contributed by atoms with Crippen LogP contribution in [0.5, 0.6) is 0 Å². The number of aromatic nitrogens is 1. The number of hydrogen-bond acceptors (Lipinski definition) is 3. The van der Waals surface area contributed by atoms with Crippen LogP contribution in [0, 0.1) is 0 Å². The number of ether oxygens (including phenoxy) is 1. The molecule has 0 fully saturated rings. The molecule has 0 radical (unpaired) electrons. The predicted octanol–water partition coefficient (Wildman–Crippen LogP) is 4.01. The van der Waals surface area contributed by atoms with Crippen molar-refractivity contribution in [2.45, 2.75) is 6.10 Å². The van der Waals surface area contributed by atoms with E-state index in [0.717, 1.165) is 22.3 Å². The van der Waals surface area contributed by atoms with Crippen LogP contribution in [-0.4, -0.2) is 11.0 Å². The van der Waals surface area contributed by atoms with Gasteiger partial charge in [-0.15, -0.1) is 0 Å². The molecule has 0 saturated carbocycles. The highest BCUT2D eigenvalue weighted by atomic mass is 16.5. The number of rotatable bonds is 2. The molecule has 106 valence electrons. The van der Waals surface area contributed by atoms with Gasteiger partial charge in [-0.1, -0.05) is 48.5 Å². The third kappa shape index (κ3) is 1.99. The lowest BCUT2D eigenvalue weighted by atomic mass is 10.1. The van der Waals surface area contributed by atoms with Crippen molar-refractivity contribution in [2.75, 3.05) is 0 Å². The average molecular weight is 287 g/mol. The first-order chi connectivity index (χ1) is 10.8. The molecule has 0 saturated heterocycles. The molecule has 1 aromatic heterocycles. The first-order valence-corrected chi connectivity index (χ1v) is 7.14. The van der Waals surface area contributed by atoms with Gasteiger partial charge < -0.3 is 4.74 Å². The van der Waals surface area contributed by atoms with Gasteiger partial charge in [0.25, 0.3) is 0 Å². The van der Waals surface area contributed by atoms with Crippen LogP contribution >= 0.6 is 0 Å². The van der Waals surface area contributed by atoms with E-state index in [1.807, 2.05) is 36.4 Å². The van der Waals surface area contributed by atoms with E-state index in [4.69, 9.17) is 4.74 Å². The van der Waals surface area contributed by atoms with Crippen LogP contribution in [0.1, 0.15) is 27.6 Å². The topological polar surface area (TPSA) is 39.2 Å². The predicted molar refractivity (Wildman–Crippen MR) is 83.4 cm³/mol. The van der Waals surface area contributed by atoms with E-state index in [2.05, 4.69) is 17.1 Å². The highest BCUT2D eigenvalue weighted by Crippen LogP contribution is 2.45. The number of pyridine rings is 1. The molecule has 0 unspecified atom stereocenters. The van der Waals surface area contributed by atoms with Crippen molar-refractivity contribution in [1.29, 1.82) is 0 Å². The van der Waals surface area contributed by atoms with Crippen LogP contribution < -0.4 is 0 Å². The summed E-state index contributed by atoms with van der Waals surface area (Å²) in [7, 11) is 0. The molecule has 3 aromatic rings. The number of fused-ring (bicyclic) bond motifs is 3. The molecular weight excluding hydrogens is 274 g/mol. The van der Waals surface area contributed by atoms with E-state index in [1.54, 1.807) is 24.5 Å². The molecule has 0 amide bonds. The summed E-state index contributed by atoms with van der Waals surface area (Å²) >= 11 is 0. The van der Waals surface area contributed by atoms with Gasteiger partial charge in [0.2, 0.25) is 0 Å². The normalized spacial score (nSPS) is 12.5. The van der Waals surface area contributed by atoms with Crippen LogP contribution in [-0.2, 0) is 4.74 Å². The Bertz CT molecular complexity index is 797. The number of esters is 1. The second-order valence-electron chi connectivity index (χ2n) is 5.20. The van der Waals surface area contributed by atoms with E-state index in [0.29, 0.717) is 5.56 Å². The fourth-order valence-corrected chi connectivity index (χ4v) is 2.90. The zero-order valence-electron chi connectivity index (χ0n) is 11.8. The number of carbonyl (C=O) groups excluding carboxylic acids is 1. The van der Waals surface area contributed by atoms with E-state index in [9.17, 15) is 4.79 Å². The van der Waals surface area contributed by atoms with Gasteiger partial charge in [0, 0.05) is 23.5 Å². The Labute approximate surface area is 128 Å². The Morgan fingerprint density at radius 1 is 0.818 bits per heavy atom. The Morgan fingerprint density at radius 2 is 1.36 bits per heavy atom. The van der Waals surface area contributed by atoms with Gasteiger partial charge in [-0.2, -0.15) is 0 Å². The summed E-state index contributed by atoms with van der Waals surface area (Å²) < 4.78 is 5.78. The minimum Gasteiger partial charge on any atom is -0.449 e. The Hall–Kier alpha value is -2.94. The van der Waals surface area contributed by atoms with E-state index < -0.39 is 0 Å². The van der Waals surface area contributed by atoms with Crippen molar-refractivity contribution in [3.05, 3.63) is 89.7 Å². The number of hydrogen-bond donors (Lipinski definition) is 0. The van der Waals surface area contributed by atoms with Crippen molar-refractivity contribution in [2.24, 2.45) is 0 Å². The van der Waals surface area contributed by atoms with Crippen LogP contribution in [0.4, 0.5) is 0 Å². The van der Waals surface area contributed by atoms with Gasteiger partial charge in [0.1, 0.15) is 0 Å². The molecule has 3 heteroatoms. The molecule has 3 nitrogen and oxygen atoms in total. The van der Waals surface area contributed by atoms with E-state index >= 15 is 0 Å². The molecule has 1 aliphatic rings. The van der Waals surface area contributed by atoms with Crippen LogP contribution in [0.15, 0.2) is 73.1 Å². The molecule has 0 aliphatic heterocycles. The summed E-state index contributed by atoms with van der Waals surface area (Å²) in [6, 6.07) is 19.4. The molecule has 1 heterocycles. The lowest BCUT2D eigenvalue weighted by molar-refractivity contribution is 0.0385. The van der Waals surface area contributed by atoms with Crippen LogP contribution in [0.3, 0.4) is 0 Å². The molecule has 0 atom stereocenters. The second kappa shape index (κ2) is 5.11. The van der Waals surface area contributed by atoms with Crippen molar-refractivity contribution in [1.82, 2.24) is 4.98 Å². The first-order valence-electron chi connectivity index (χ1n) is 7.14. The summed E-state index contributed by atoms with van der Waals surface area (Å²) in [6.07, 6.45) is 2.83. The Kier molecular flexibility index (Phi) is 2.97.